The molecular weight excluding hydrogens is 244 g/mol. The summed E-state index contributed by atoms with van der Waals surface area (Å²) in [6.45, 7) is 14.0. The predicted molar refractivity (Wildman–Crippen MR) is 92.5 cm³/mol. The average Bonchev–Trinajstić information content (AvgIpc) is 2.46. The Labute approximate surface area is 128 Å². The van der Waals surface area contributed by atoms with Crippen LogP contribution in [0.5, 0.6) is 0 Å². The number of unbranched alkanes of at least 4 members (excludes halogenated alkanes) is 6. The molecule has 0 aromatic rings. The van der Waals surface area contributed by atoms with Gasteiger partial charge in [-0.1, -0.05) is 59.3 Å². The third kappa shape index (κ3) is 12.9. The van der Waals surface area contributed by atoms with Crippen molar-refractivity contribution in [2.75, 3.05) is 26.2 Å². The summed E-state index contributed by atoms with van der Waals surface area (Å²) >= 11 is 0. The molecule has 0 aliphatic carbocycles. The van der Waals surface area contributed by atoms with Crippen molar-refractivity contribution in [1.82, 2.24) is 10.2 Å². The van der Waals surface area contributed by atoms with Crippen LogP contribution in [0.3, 0.4) is 0 Å². The zero-order chi connectivity index (χ0) is 15.1. The lowest BCUT2D eigenvalue weighted by Crippen LogP contribution is -2.29. The Morgan fingerprint density at radius 2 is 1.40 bits per heavy atom. The maximum absolute atomic E-state index is 3.68. The molecule has 0 spiro atoms. The Hall–Kier alpha value is -0.0800. The lowest BCUT2D eigenvalue weighted by molar-refractivity contribution is 0.290. The Kier molecular flexibility index (Phi) is 15.3. The van der Waals surface area contributed by atoms with Gasteiger partial charge >= 0.3 is 0 Å². The van der Waals surface area contributed by atoms with Crippen LogP contribution in [-0.4, -0.2) is 37.1 Å². The molecule has 0 bridgehead atoms. The summed E-state index contributed by atoms with van der Waals surface area (Å²) in [6.07, 6.45) is 12.5. The molecule has 0 aromatic carbocycles. The van der Waals surface area contributed by atoms with Gasteiger partial charge in [0.2, 0.25) is 0 Å². The first-order chi connectivity index (χ1) is 9.74. The molecule has 0 aliphatic heterocycles. The minimum absolute atomic E-state index is 0.686. The van der Waals surface area contributed by atoms with Crippen LogP contribution >= 0.6 is 0 Å². The monoisotopic (exact) mass is 284 g/mol. The second-order valence-corrected chi connectivity index (χ2v) is 6.15. The molecule has 0 fully saturated rings. The molecule has 0 saturated carbocycles. The van der Waals surface area contributed by atoms with Crippen molar-refractivity contribution in [1.29, 1.82) is 0 Å². The van der Waals surface area contributed by atoms with E-state index in [1.807, 2.05) is 0 Å². The minimum atomic E-state index is 0.686. The first-order valence-corrected chi connectivity index (χ1v) is 9.20. The van der Waals surface area contributed by atoms with Gasteiger partial charge in [0.25, 0.3) is 0 Å². The first kappa shape index (κ1) is 19.9. The zero-order valence-corrected chi connectivity index (χ0v) is 14.7. The molecule has 1 atom stereocenters. The van der Waals surface area contributed by atoms with Gasteiger partial charge in [0, 0.05) is 6.04 Å². The summed E-state index contributed by atoms with van der Waals surface area (Å²) in [4.78, 5) is 2.52. The average molecular weight is 285 g/mol. The van der Waals surface area contributed by atoms with E-state index in [2.05, 4.69) is 37.9 Å². The van der Waals surface area contributed by atoms with Gasteiger partial charge in [-0.3, -0.25) is 0 Å². The van der Waals surface area contributed by atoms with Crippen molar-refractivity contribution in [3.63, 3.8) is 0 Å². The number of rotatable bonds is 15. The smallest absolute Gasteiger partial charge is 0.00391 e. The van der Waals surface area contributed by atoms with Gasteiger partial charge in [0.15, 0.2) is 0 Å². The van der Waals surface area contributed by atoms with Crippen molar-refractivity contribution in [3.05, 3.63) is 0 Å². The lowest BCUT2D eigenvalue weighted by Gasteiger charge is -2.19. The maximum Gasteiger partial charge on any atom is 0.00391 e. The van der Waals surface area contributed by atoms with Crippen LogP contribution in [-0.2, 0) is 0 Å². The van der Waals surface area contributed by atoms with Gasteiger partial charge in [0.1, 0.15) is 0 Å². The van der Waals surface area contributed by atoms with Crippen molar-refractivity contribution in [2.45, 2.75) is 91.5 Å². The van der Waals surface area contributed by atoms with E-state index in [1.165, 1.54) is 84.0 Å². The van der Waals surface area contributed by atoms with E-state index in [0.29, 0.717) is 6.04 Å². The highest BCUT2D eigenvalue weighted by Crippen LogP contribution is 2.06. The van der Waals surface area contributed by atoms with Gasteiger partial charge in [0.05, 0.1) is 0 Å². The van der Waals surface area contributed by atoms with Crippen LogP contribution in [0.1, 0.15) is 85.5 Å². The second-order valence-electron chi connectivity index (χ2n) is 6.15. The highest BCUT2D eigenvalue weighted by Gasteiger charge is 2.03. The summed E-state index contributed by atoms with van der Waals surface area (Å²) in [5.41, 5.74) is 0. The van der Waals surface area contributed by atoms with Crippen LogP contribution in [0.4, 0.5) is 0 Å². The third-order valence-electron chi connectivity index (χ3n) is 4.28. The summed E-state index contributed by atoms with van der Waals surface area (Å²) in [5.74, 6) is 0. The molecule has 0 aromatic heterocycles. The van der Waals surface area contributed by atoms with Gasteiger partial charge in [-0.25, -0.2) is 0 Å². The summed E-state index contributed by atoms with van der Waals surface area (Å²) in [5, 5.41) is 3.68. The largest absolute Gasteiger partial charge is 0.314 e. The molecule has 0 amide bonds. The molecule has 2 heteroatoms. The zero-order valence-electron chi connectivity index (χ0n) is 14.7. The predicted octanol–water partition coefficient (Wildman–Crippen LogP) is 4.84. The Bertz CT molecular complexity index is 178. The second kappa shape index (κ2) is 15.3. The van der Waals surface area contributed by atoms with E-state index < -0.39 is 0 Å². The highest BCUT2D eigenvalue weighted by atomic mass is 15.1. The quantitative estimate of drug-likeness (QED) is 0.433. The van der Waals surface area contributed by atoms with E-state index >= 15 is 0 Å². The minimum Gasteiger partial charge on any atom is -0.314 e. The first-order valence-electron chi connectivity index (χ1n) is 9.20. The highest BCUT2D eigenvalue weighted by molar-refractivity contribution is 4.63. The molecule has 0 heterocycles. The van der Waals surface area contributed by atoms with E-state index in [9.17, 15) is 0 Å². The van der Waals surface area contributed by atoms with Crippen LogP contribution in [0.25, 0.3) is 0 Å². The summed E-state index contributed by atoms with van der Waals surface area (Å²) < 4.78 is 0. The Morgan fingerprint density at radius 3 is 2.00 bits per heavy atom. The van der Waals surface area contributed by atoms with Crippen molar-refractivity contribution in [2.24, 2.45) is 0 Å². The number of hydrogen-bond acceptors (Lipinski definition) is 2. The molecule has 1 unspecified atom stereocenters. The van der Waals surface area contributed by atoms with Crippen molar-refractivity contribution in [3.8, 4) is 0 Å². The molecule has 122 valence electrons. The molecule has 0 radical (unpaired) electrons. The molecular formula is C18H40N2. The van der Waals surface area contributed by atoms with Gasteiger partial charge in [-0.15, -0.1) is 0 Å². The standard InChI is InChI=1S/C18H40N2/c1-5-8-9-10-11-12-13-16-19-18(4)15-14-17-20(6-2)7-3/h18-19H,5-17H2,1-4H3. The maximum atomic E-state index is 3.68. The molecule has 0 saturated heterocycles. The van der Waals surface area contributed by atoms with Crippen LogP contribution in [0, 0.1) is 0 Å². The van der Waals surface area contributed by atoms with E-state index in [4.69, 9.17) is 0 Å². The fraction of sp³-hybridized carbons (Fsp3) is 1.00. The molecule has 0 aliphatic rings. The lowest BCUT2D eigenvalue weighted by atomic mass is 10.1. The normalized spacial score (nSPS) is 13.1. The Morgan fingerprint density at radius 1 is 0.800 bits per heavy atom. The van der Waals surface area contributed by atoms with Crippen LogP contribution in [0.15, 0.2) is 0 Å². The fourth-order valence-electron chi connectivity index (χ4n) is 2.69. The molecule has 20 heavy (non-hydrogen) atoms. The van der Waals surface area contributed by atoms with Crippen LogP contribution < -0.4 is 5.32 Å². The third-order valence-corrected chi connectivity index (χ3v) is 4.28. The number of nitrogens with one attached hydrogen (secondary N) is 1. The van der Waals surface area contributed by atoms with Gasteiger partial charge in [-0.05, 0) is 52.4 Å². The number of hydrogen-bond donors (Lipinski definition) is 1. The van der Waals surface area contributed by atoms with E-state index in [-0.39, 0.29) is 0 Å². The SMILES string of the molecule is CCCCCCCCCNC(C)CCCN(CC)CC. The van der Waals surface area contributed by atoms with Gasteiger partial charge in [-0.2, -0.15) is 0 Å². The molecule has 2 nitrogen and oxygen atoms in total. The van der Waals surface area contributed by atoms with E-state index in [1.54, 1.807) is 0 Å². The molecule has 0 rings (SSSR count). The summed E-state index contributed by atoms with van der Waals surface area (Å²) in [7, 11) is 0. The topological polar surface area (TPSA) is 15.3 Å². The van der Waals surface area contributed by atoms with Crippen molar-refractivity contribution < 1.29 is 0 Å². The van der Waals surface area contributed by atoms with Crippen molar-refractivity contribution >= 4 is 0 Å². The van der Waals surface area contributed by atoms with Crippen LogP contribution in [0.2, 0.25) is 0 Å². The van der Waals surface area contributed by atoms with Gasteiger partial charge < -0.3 is 10.2 Å². The number of nitrogens with zero attached hydrogens (tertiary/aromatic N) is 1. The Balaban J connectivity index is 3.26. The summed E-state index contributed by atoms with van der Waals surface area (Å²) in [6, 6.07) is 0.686. The molecule has 1 N–H and O–H groups in total. The van der Waals surface area contributed by atoms with E-state index in [0.717, 1.165) is 0 Å². The fourth-order valence-corrected chi connectivity index (χ4v) is 2.69.